The van der Waals surface area contributed by atoms with Crippen molar-refractivity contribution >= 4 is 24.0 Å². The van der Waals surface area contributed by atoms with E-state index in [2.05, 4.69) is 10.6 Å². The highest BCUT2D eigenvalue weighted by Gasteiger charge is 2.34. The van der Waals surface area contributed by atoms with Crippen molar-refractivity contribution in [3.8, 4) is 0 Å². The molecule has 116 valence electrons. The summed E-state index contributed by atoms with van der Waals surface area (Å²) in [5.74, 6) is 0.728. The second-order valence-corrected chi connectivity index (χ2v) is 6.49. The number of hydrogen-bond donors (Lipinski definition) is 2. The number of anilines is 1. The van der Waals surface area contributed by atoms with Gasteiger partial charge < -0.3 is 10.6 Å². The number of carbonyl (C=O) groups is 1. The molecule has 21 heavy (non-hydrogen) atoms. The van der Waals surface area contributed by atoms with Crippen molar-refractivity contribution < 1.29 is 4.79 Å². The van der Waals surface area contributed by atoms with Gasteiger partial charge in [0, 0.05) is 24.2 Å². The van der Waals surface area contributed by atoms with E-state index in [9.17, 15) is 4.79 Å². The van der Waals surface area contributed by atoms with Gasteiger partial charge in [-0.3, -0.25) is 4.79 Å². The summed E-state index contributed by atoms with van der Waals surface area (Å²) in [7, 11) is 0. The number of aryl methyl sites for hydroxylation is 2. The Morgan fingerprint density at radius 3 is 2.33 bits per heavy atom. The number of benzene rings is 1. The SMILES string of the molecule is Cc1cccc(C)c1NC(=O)CC1CC2CCC(C1)N2.Cl. The van der Waals surface area contributed by atoms with Crippen molar-refractivity contribution in [3.05, 3.63) is 29.3 Å². The molecule has 0 saturated carbocycles. The number of carbonyl (C=O) groups excluding carboxylic acids is 1. The van der Waals surface area contributed by atoms with Gasteiger partial charge in [-0.1, -0.05) is 18.2 Å². The van der Waals surface area contributed by atoms with Gasteiger partial charge >= 0.3 is 0 Å². The standard InChI is InChI=1S/C17H24N2O.ClH/c1-11-4-3-5-12(2)17(11)19-16(20)10-13-8-14-6-7-15(9-13)18-14;/h3-5,13-15,18H,6-10H2,1-2H3,(H,19,20);1H. The van der Waals surface area contributed by atoms with Crippen LogP contribution in [-0.4, -0.2) is 18.0 Å². The van der Waals surface area contributed by atoms with Gasteiger partial charge in [-0.05, 0) is 56.6 Å². The monoisotopic (exact) mass is 308 g/mol. The molecule has 2 unspecified atom stereocenters. The van der Waals surface area contributed by atoms with E-state index >= 15 is 0 Å². The van der Waals surface area contributed by atoms with Crippen molar-refractivity contribution in [1.82, 2.24) is 5.32 Å². The molecule has 2 saturated heterocycles. The molecule has 2 N–H and O–H groups in total. The van der Waals surface area contributed by atoms with Crippen LogP contribution in [-0.2, 0) is 4.79 Å². The summed E-state index contributed by atoms with van der Waals surface area (Å²) < 4.78 is 0. The Morgan fingerprint density at radius 1 is 1.19 bits per heavy atom. The van der Waals surface area contributed by atoms with E-state index in [-0.39, 0.29) is 18.3 Å². The lowest BCUT2D eigenvalue weighted by Gasteiger charge is -2.28. The first kappa shape index (κ1) is 16.3. The maximum Gasteiger partial charge on any atom is 0.224 e. The molecule has 1 aromatic carbocycles. The number of halogens is 1. The number of amides is 1. The lowest BCUT2D eigenvalue weighted by Crippen LogP contribution is -2.39. The molecule has 2 aliphatic heterocycles. The van der Waals surface area contributed by atoms with Crippen LogP contribution in [0.15, 0.2) is 18.2 Å². The molecule has 2 atom stereocenters. The Balaban J connectivity index is 0.00000161. The first-order valence-electron chi connectivity index (χ1n) is 7.74. The first-order valence-corrected chi connectivity index (χ1v) is 7.74. The average molecular weight is 309 g/mol. The zero-order chi connectivity index (χ0) is 14.1. The molecule has 3 nitrogen and oxygen atoms in total. The van der Waals surface area contributed by atoms with Crippen LogP contribution in [0.4, 0.5) is 5.69 Å². The van der Waals surface area contributed by atoms with E-state index in [1.807, 2.05) is 32.0 Å². The lowest BCUT2D eigenvalue weighted by molar-refractivity contribution is -0.117. The van der Waals surface area contributed by atoms with E-state index in [1.54, 1.807) is 0 Å². The number of rotatable bonds is 3. The van der Waals surface area contributed by atoms with Gasteiger partial charge in [0.05, 0.1) is 0 Å². The van der Waals surface area contributed by atoms with Gasteiger partial charge in [0.25, 0.3) is 0 Å². The fraction of sp³-hybridized carbons (Fsp3) is 0.588. The molecule has 0 aromatic heterocycles. The van der Waals surface area contributed by atoms with Crippen LogP contribution in [0.25, 0.3) is 0 Å². The van der Waals surface area contributed by atoms with Crippen LogP contribution in [0.2, 0.25) is 0 Å². The van der Waals surface area contributed by atoms with Crippen molar-refractivity contribution in [3.63, 3.8) is 0 Å². The third kappa shape index (κ3) is 3.78. The van der Waals surface area contributed by atoms with Crippen LogP contribution in [0, 0.1) is 19.8 Å². The molecule has 4 heteroatoms. The molecule has 2 heterocycles. The van der Waals surface area contributed by atoms with Gasteiger partial charge in [-0.2, -0.15) is 0 Å². The van der Waals surface area contributed by atoms with Gasteiger partial charge in [-0.15, -0.1) is 12.4 Å². The summed E-state index contributed by atoms with van der Waals surface area (Å²) in [6.07, 6.45) is 5.58. The highest BCUT2D eigenvalue weighted by atomic mass is 35.5. The van der Waals surface area contributed by atoms with Crippen LogP contribution < -0.4 is 10.6 Å². The summed E-state index contributed by atoms with van der Waals surface area (Å²) in [6.45, 7) is 4.10. The average Bonchev–Trinajstić information content (AvgIpc) is 2.73. The zero-order valence-corrected chi connectivity index (χ0v) is 13.6. The first-order chi connectivity index (χ1) is 9.61. The molecule has 1 aromatic rings. The number of fused-ring (bicyclic) bond motifs is 2. The van der Waals surface area contributed by atoms with Gasteiger partial charge in [0.2, 0.25) is 5.91 Å². The predicted molar refractivity (Wildman–Crippen MR) is 89.1 cm³/mol. The Morgan fingerprint density at radius 2 is 1.76 bits per heavy atom. The van der Waals surface area contributed by atoms with Crippen LogP contribution in [0.1, 0.15) is 43.2 Å². The van der Waals surface area contributed by atoms with Gasteiger partial charge in [0.1, 0.15) is 0 Å². The van der Waals surface area contributed by atoms with Crippen molar-refractivity contribution in [2.45, 2.75) is 58.0 Å². The minimum Gasteiger partial charge on any atom is -0.326 e. The van der Waals surface area contributed by atoms with E-state index in [0.29, 0.717) is 24.4 Å². The van der Waals surface area contributed by atoms with Crippen molar-refractivity contribution in [1.29, 1.82) is 0 Å². The Hall–Kier alpha value is -1.06. The topological polar surface area (TPSA) is 41.1 Å². The number of para-hydroxylation sites is 1. The Bertz CT molecular complexity index is 485. The fourth-order valence-electron chi connectivity index (χ4n) is 3.81. The van der Waals surface area contributed by atoms with Gasteiger partial charge in [-0.25, -0.2) is 0 Å². The van der Waals surface area contributed by atoms with Crippen molar-refractivity contribution in [2.75, 3.05) is 5.32 Å². The summed E-state index contributed by atoms with van der Waals surface area (Å²) in [5, 5.41) is 6.75. The third-order valence-electron chi connectivity index (χ3n) is 4.79. The van der Waals surface area contributed by atoms with Crippen LogP contribution in [0.5, 0.6) is 0 Å². The zero-order valence-electron chi connectivity index (χ0n) is 12.8. The smallest absolute Gasteiger partial charge is 0.224 e. The minimum absolute atomic E-state index is 0. The quantitative estimate of drug-likeness (QED) is 0.896. The maximum atomic E-state index is 12.3. The largest absolute Gasteiger partial charge is 0.326 e. The second kappa shape index (κ2) is 6.80. The Labute approximate surface area is 133 Å². The summed E-state index contributed by atoms with van der Waals surface area (Å²) in [4.78, 5) is 12.3. The number of hydrogen-bond acceptors (Lipinski definition) is 2. The van der Waals surface area contributed by atoms with Crippen LogP contribution >= 0.6 is 12.4 Å². The summed E-state index contributed by atoms with van der Waals surface area (Å²) >= 11 is 0. The van der Waals surface area contributed by atoms with E-state index in [0.717, 1.165) is 29.7 Å². The molecular weight excluding hydrogens is 284 g/mol. The molecule has 2 aliphatic rings. The highest BCUT2D eigenvalue weighted by molar-refractivity contribution is 5.92. The molecular formula is C17H25ClN2O. The predicted octanol–water partition coefficient (Wildman–Crippen LogP) is 3.58. The van der Waals surface area contributed by atoms with Crippen LogP contribution in [0.3, 0.4) is 0 Å². The molecule has 1 amide bonds. The maximum absolute atomic E-state index is 12.3. The normalized spacial score (nSPS) is 27.0. The Kier molecular flexibility index (Phi) is 5.28. The number of piperidine rings is 1. The fourth-order valence-corrected chi connectivity index (χ4v) is 3.81. The minimum atomic E-state index is 0. The van der Waals surface area contributed by atoms with E-state index < -0.39 is 0 Å². The van der Waals surface area contributed by atoms with Crippen molar-refractivity contribution in [2.24, 2.45) is 5.92 Å². The molecule has 3 rings (SSSR count). The molecule has 0 aliphatic carbocycles. The third-order valence-corrected chi connectivity index (χ3v) is 4.79. The number of nitrogens with one attached hydrogen (secondary N) is 2. The summed E-state index contributed by atoms with van der Waals surface area (Å²) in [6, 6.07) is 7.45. The summed E-state index contributed by atoms with van der Waals surface area (Å²) in [5.41, 5.74) is 3.28. The van der Waals surface area contributed by atoms with E-state index in [4.69, 9.17) is 0 Å². The van der Waals surface area contributed by atoms with Gasteiger partial charge in [0.15, 0.2) is 0 Å². The molecule has 0 radical (unpaired) electrons. The van der Waals surface area contributed by atoms with E-state index in [1.165, 1.54) is 12.8 Å². The lowest BCUT2D eigenvalue weighted by atomic mass is 9.89. The molecule has 0 spiro atoms. The highest BCUT2D eigenvalue weighted by Crippen LogP contribution is 2.33. The second-order valence-electron chi connectivity index (χ2n) is 6.49. The molecule has 2 bridgehead atoms. The molecule has 2 fully saturated rings.